The summed E-state index contributed by atoms with van der Waals surface area (Å²) in [6.07, 6.45) is 0. The number of halogens is 2. The number of rotatable bonds is 4. The van der Waals surface area contributed by atoms with Crippen molar-refractivity contribution in [1.29, 1.82) is 0 Å². The van der Waals surface area contributed by atoms with E-state index in [1.165, 1.54) is 19.2 Å². The van der Waals surface area contributed by atoms with Gasteiger partial charge in [0.15, 0.2) is 11.6 Å². The Morgan fingerprint density at radius 3 is 2.63 bits per heavy atom. The smallest absolute Gasteiger partial charge is 0.167 e. The maximum atomic E-state index is 13.4. The number of nitrogen functional groups attached to an aromatic ring is 1. The molecule has 0 aliphatic rings. The molecule has 0 saturated carbocycles. The third-order valence-corrected chi connectivity index (χ3v) is 3.40. The zero-order valence-electron chi connectivity index (χ0n) is 10.3. The Hall–Kier alpha value is -1.75. The minimum absolute atomic E-state index is 0.108. The van der Waals surface area contributed by atoms with Gasteiger partial charge in [-0.1, -0.05) is 34.1 Å². The van der Waals surface area contributed by atoms with Gasteiger partial charge >= 0.3 is 0 Å². The average Bonchev–Trinajstić information content (AvgIpc) is 2.39. The van der Waals surface area contributed by atoms with Crippen molar-refractivity contribution in [3.05, 3.63) is 52.3 Å². The molecule has 2 N–H and O–H groups in total. The molecule has 0 radical (unpaired) electrons. The fourth-order valence-corrected chi connectivity index (χ4v) is 2.00. The molecule has 100 valence electrons. The molecule has 3 nitrogen and oxygen atoms in total. The molecule has 0 spiro atoms. The second kappa shape index (κ2) is 5.93. The molecule has 0 atom stereocenters. The molecule has 0 fully saturated rings. The van der Waals surface area contributed by atoms with E-state index in [0.29, 0.717) is 12.4 Å². The predicted molar refractivity (Wildman–Crippen MR) is 75.8 cm³/mol. The van der Waals surface area contributed by atoms with E-state index < -0.39 is 5.82 Å². The van der Waals surface area contributed by atoms with E-state index in [-0.39, 0.29) is 11.4 Å². The van der Waals surface area contributed by atoms with Crippen molar-refractivity contribution in [3.63, 3.8) is 0 Å². The van der Waals surface area contributed by atoms with E-state index >= 15 is 0 Å². The molecular formula is C14H13BrFNO2. The summed E-state index contributed by atoms with van der Waals surface area (Å²) >= 11 is 3.43. The van der Waals surface area contributed by atoms with Crippen molar-refractivity contribution in [1.82, 2.24) is 0 Å². The lowest BCUT2D eigenvalue weighted by Crippen LogP contribution is -2.01. The van der Waals surface area contributed by atoms with Gasteiger partial charge in [0.25, 0.3) is 0 Å². The van der Waals surface area contributed by atoms with E-state index in [1.807, 2.05) is 24.3 Å². The summed E-state index contributed by atoms with van der Waals surface area (Å²) in [6.45, 7) is 0.334. The molecule has 0 aliphatic carbocycles. The summed E-state index contributed by atoms with van der Waals surface area (Å²) in [5, 5.41) is 0. The molecule has 19 heavy (non-hydrogen) atoms. The van der Waals surface area contributed by atoms with Gasteiger partial charge in [0, 0.05) is 22.2 Å². The lowest BCUT2D eigenvalue weighted by atomic mass is 10.2. The highest BCUT2D eigenvalue weighted by Crippen LogP contribution is 2.31. The number of hydrogen-bond acceptors (Lipinski definition) is 3. The lowest BCUT2D eigenvalue weighted by molar-refractivity contribution is 0.303. The van der Waals surface area contributed by atoms with E-state index in [9.17, 15) is 4.39 Å². The normalized spacial score (nSPS) is 10.3. The number of hydrogen-bond donors (Lipinski definition) is 1. The van der Waals surface area contributed by atoms with Crippen LogP contribution in [0.4, 0.5) is 10.1 Å². The van der Waals surface area contributed by atoms with Crippen molar-refractivity contribution in [2.45, 2.75) is 6.61 Å². The first-order chi connectivity index (χ1) is 9.11. The number of methoxy groups -OCH3 is 1. The summed E-state index contributed by atoms with van der Waals surface area (Å²) in [4.78, 5) is 0. The predicted octanol–water partition coefficient (Wildman–Crippen LogP) is 3.76. The molecule has 0 aliphatic heterocycles. The first kappa shape index (κ1) is 13.7. The zero-order valence-corrected chi connectivity index (χ0v) is 11.9. The van der Waals surface area contributed by atoms with Gasteiger partial charge in [-0.2, -0.15) is 0 Å². The van der Waals surface area contributed by atoms with Gasteiger partial charge in [0.05, 0.1) is 12.8 Å². The van der Waals surface area contributed by atoms with Crippen molar-refractivity contribution >= 4 is 21.6 Å². The number of nitrogens with two attached hydrogens (primary N) is 1. The summed E-state index contributed by atoms with van der Waals surface area (Å²) < 4.78 is 24.8. The maximum Gasteiger partial charge on any atom is 0.167 e. The van der Waals surface area contributed by atoms with Crippen molar-refractivity contribution < 1.29 is 13.9 Å². The topological polar surface area (TPSA) is 44.5 Å². The minimum Gasteiger partial charge on any atom is -0.494 e. The van der Waals surface area contributed by atoms with Crippen LogP contribution in [0.1, 0.15) is 5.56 Å². The van der Waals surface area contributed by atoms with Crippen LogP contribution in [0, 0.1) is 5.82 Å². The van der Waals surface area contributed by atoms with Gasteiger partial charge in [-0.15, -0.1) is 0 Å². The summed E-state index contributed by atoms with van der Waals surface area (Å²) in [7, 11) is 1.40. The summed E-state index contributed by atoms with van der Waals surface area (Å²) in [5.41, 5.74) is 6.93. The number of benzene rings is 2. The largest absolute Gasteiger partial charge is 0.494 e. The van der Waals surface area contributed by atoms with Crippen LogP contribution < -0.4 is 15.2 Å². The van der Waals surface area contributed by atoms with Gasteiger partial charge in [-0.05, 0) is 6.07 Å². The molecule has 0 amide bonds. The van der Waals surface area contributed by atoms with Crippen molar-refractivity contribution in [3.8, 4) is 11.5 Å². The van der Waals surface area contributed by atoms with E-state index in [1.54, 1.807) is 0 Å². The Balaban J connectivity index is 2.18. The highest BCUT2D eigenvalue weighted by molar-refractivity contribution is 9.10. The van der Waals surface area contributed by atoms with Crippen LogP contribution in [0.25, 0.3) is 0 Å². The molecule has 0 aromatic heterocycles. The third-order valence-electron chi connectivity index (χ3n) is 2.63. The zero-order chi connectivity index (χ0) is 13.8. The molecule has 0 heterocycles. The Bertz CT molecular complexity index is 590. The number of anilines is 1. The van der Waals surface area contributed by atoms with E-state index in [4.69, 9.17) is 15.2 Å². The second-order valence-corrected chi connectivity index (χ2v) is 4.76. The molecular weight excluding hydrogens is 313 g/mol. The molecule has 5 heteroatoms. The summed E-state index contributed by atoms with van der Waals surface area (Å²) in [5.74, 6) is -0.00132. The maximum absolute atomic E-state index is 13.4. The Labute approximate surface area is 119 Å². The van der Waals surface area contributed by atoms with Crippen LogP contribution in [0.3, 0.4) is 0 Å². The van der Waals surface area contributed by atoms with Gasteiger partial charge < -0.3 is 15.2 Å². The first-order valence-corrected chi connectivity index (χ1v) is 6.40. The fraction of sp³-hybridized carbons (Fsp3) is 0.143. The third kappa shape index (κ3) is 3.17. The SMILES string of the molecule is COc1cc(OCc2ccccc2Br)c(N)cc1F. The monoisotopic (exact) mass is 325 g/mol. The van der Waals surface area contributed by atoms with Crippen molar-refractivity contribution in [2.24, 2.45) is 0 Å². The molecule has 2 aromatic carbocycles. The van der Waals surface area contributed by atoms with Crippen LogP contribution in [0.15, 0.2) is 40.9 Å². The molecule has 0 bridgehead atoms. The van der Waals surface area contributed by atoms with E-state index in [2.05, 4.69) is 15.9 Å². The minimum atomic E-state index is -0.506. The van der Waals surface area contributed by atoms with E-state index in [0.717, 1.165) is 10.0 Å². The Morgan fingerprint density at radius 1 is 1.21 bits per heavy atom. The van der Waals surface area contributed by atoms with Crippen LogP contribution in [-0.2, 0) is 6.61 Å². The fourth-order valence-electron chi connectivity index (χ4n) is 1.60. The molecule has 2 rings (SSSR count). The summed E-state index contributed by atoms with van der Waals surface area (Å²) in [6, 6.07) is 10.3. The standard InChI is InChI=1S/C14H13BrFNO2/c1-18-13-7-14(12(17)6-11(13)16)19-8-9-4-2-3-5-10(9)15/h2-7H,8,17H2,1H3. The Morgan fingerprint density at radius 2 is 1.95 bits per heavy atom. The van der Waals surface area contributed by atoms with Gasteiger partial charge in [-0.25, -0.2) is 4.39 Å². The van der Waals surface area contributed by atoms with Gasteiger partial charge in [-0.3, -0.25) is 0 Å². The van der Waals surface area contributed by atoms with Gasteiger partial charge in [0.2, 0.25) is 0 Å². The van der Waals surface area contributed by atoms with Crippen LogP contribution in [0.5, 0.6) is 11.5 Å². The van der Waals surface area contributed by atoms with Crippen LogP contribution in [0.2, 0.25) is 0 Å². The highest BCUT2D eigenvalue weighted by Gasteiger charge is 2.10. The first-order valence-electron chi connectivity index (χ1n) is 5.61. The highest BCUT2D eigenvalue weighted by atomic mass is 79.9. The second-order valence-electron chi connectivity index (χ2n) is 3.90. The molecule has 2 aromatic rings. The number of ether oxygens (including phenoxy) is 2. The van der Waals surface area contributed by atoms with Crippen LogP contribution >= 0.6 is 15.9 Å². The molecule has 0 saturated heterocycles. The van der Waals surface area contributed by atoms with Gasteiger partial charge in [0.1, 0.15) is 12.4 Å². The lowest BCUT2D eigenvalue weighted by Gasteiger charge is -2.12. The molecule has 0 unspecified atom stereocenters. The Kier molecular flexibility index (Phi) is 4.27. The average molecular weight is 326 g/mol. The van der Waals surface area contributed by atoms with Crippen LogP contribution in [-0.4, -0.2) is 7.11 Å². The van der Waals surface area contributed by atoms with Crippen molar-refractivity contribution in [2.75, 3.05) is 12.8 Å². The quantitative estimate of drug-likeness (QED) is 0.870.